The fourth-order valence-corrected chi connectivity index (χ4v) is 3.34. The van der Waals surface area contributed by atoms with Gasteiger partial charge in [-0.05, 0) is 19.8 Å². The van der Waals surface area contributed by atoms with Crippen molar-refractivity contribution in [1.82, 2.24) is 10.3 Å². The second-order valence-corrected chi connectivity index (χ2v) is 6.15. The molecule has 1 aromatic heterocycles. The van der Waals surface area contributed by atoms with Gasteiger partial charge in [-0.2, -0.15) is 0 Å². The summed E-state index contributed by atoms with van der Waals surface area (Å²) >= 11 is 1.34. The van der Waals surface area contributed by atoms with Crippen molar-refractivity contribution in [3.63, 3.8) is 0 Å². The summed E-state index contributed by atoms with van der Waals surface area (Å²) in [5, 5.41) is 13.8. The lowest BCUT2D eigenvalue weighted by Gasteiger charge is -2.22. The van der Waals surface area contributed by atoms with E-state index >= 15 is 0 Å². The Balaban J connectivity index is 1.95. The van der Waals surface area contributed by atoms with Gasteiger partial charge in [0.15, 0.2) is 0 Å². The molecule has 0 bridgehead atoms. The van der Waals surface area contributed by atoms with Crippen molar-refractivity contribution in [1.29, 1.82) is 0 Å². The van der Waals surface area contributed by atoms with Crippen LogP contribution in [0.25, 0.3) is 0 Å². The molecule has 0 atom stereocenters. The zero-order chi connectivity index (χ0) is 13.9. The number of hydrogen-bond donors (Lipinski definition) is 2. The molecule has 6 heteroatoms. The molecule has 5 nitrogen and oxygen atoms in total. The van der Waals surface area contributed by atoms with Gasteiger partial charge in [0.1, 0.15) is 9.88 Å². The van der Waals surface area contributed by atoms with Crippen LogP contribution in [0.1, 0.15) is 46.1 Å². The average Bonchev–Trinajstić information content (AvgIpc) is 2.94. The number of nitrogens with one attached hydrogen (secondary N) is 1. The number of methoxy groups -OCH3 is 1. The normalized spacial score (nSPS) is 17.6. The topological polar surface area (TPSA) is 71.5 Å². The van der Waals surface area contributed by atoms with Crippen LogP contribution in [0.4, 0.5) is 0 Å². The van der Waals surface area contributed by atoms with Crippen LogP contribution in [0.15, 0.2) is 0 Å². The summed E-state index contributed by atoms with van der Waals surface area (Å²) in [4.78, 5) is 17.0. The van der Waals surface area contributed by atoms with Crippen LogP contribution in [-0.2, 0) is 11.3 Å². The van der Waals surface area contributed by atoms with Gasteiger partial charge in [0.25, 0.3) is 5.91 Å². The van der Waals surface area contributed by atoms with Gasteiger partial charge in [0.2, 0.25) is 0 Å². The summed E-state index contributed by atoms with van der Waals surface area (Å²) in [5.41, 5.74) is -0.00293. The Labute approximate surface area is 117 Å². The SMILES string of the molecule is COCc1nc(C)c(C(=O)NCC2(O)CCCC2)s1. The third-order valence-electron chi connectivity index (χ3n) is 3.43. The molecule has 1 saturated carbocycles. The maximum Gasteiger partial charge on any atom is 0.263 e. The largest absolute Gasteiger partial charge is 0.388 e. The van der Waals surface area contributed by atoms with E-state index in [9.17, 15) is 9.90 Å². The second kappa shape index (κ2) is 5.98. The van der Waals surface area contributed by atoms with Crippen molar-refractivity contribution in [3.8, 4) is 0 Å². The van der Waals surface area contributed by atoms with Gasteiger partial charge in [-0.15, -0.1) is 11.3 Å². The number of aryl methyl sites for hydroxylation is 1. The van der Waals surface area contributed by atoms with Crippen molar-refractivity contribution in [3.05, 3.63) is 15.6 Å². The molecule has 1 aromatic rings. The molecule has 2 rings (SSSR count). The Morgan fingerprint density at radius 3 is 2.84 bits per heavy atom. The van der Waals surface area contributed by atoms with Gasteiger partial charge in [-0.1, -0.05) is 12.8 Å². The quantitative estimate of drug-likeness (QED) is 0.862. The molecule has 106 valence electrons. The first kappa shape index (κ1) is 14.4. The minimum absolute atomic E-state index is 0.155. The number of nitrogens with zero attached hydrogens (tertiary/aromatic N) is 1. The van der Waals surface area contributed by atoms with E-state index in [1.165, 1.54) is 11.3 Å². The maximum absolute atomic E-state index is 12.1. The predicted molar refractivity (Wildman–Crippen MR) is 73.3 cm³/mol. The van der Waals surface area contributed by atoms with E-state index in [1.807, 2.05) is 6.92 Å². The smallest absolute Gasteiger partial charge is 0.263 e. The van der Waals surface area contributed by atoms with E-state index < -0.39 is 5.60 Å². The van der Waals surface area contributed by atoms with Gasteiger partial charge in [0, 0.05) is 13.7 Å². The highest BCUT2D eigenvalue weighted by atomic mass is 32.1. The maximum atomic E-state index is 12.1. The van der Waals surface area contributed by atoms with E-state index in [4.69, 9.17) is 4.74 Å². The molecule has 1 heterocycles. The predicted octanol–water partition coefficient (Wildman–Crippen LogP) is 1.63. The van der Waals surface area contributed by atoms with E-state index in [-0.39, 0.29) is 5.91 Å². The molecule has 0 aliphatic heterocycles. The van der Waals surface area contributed by atoms with Crippen molar-refractivity contribution in [2.75, 3.05) is 13.7 Å². The van der Waals surface area contributed by atoms with Crippen molar-refractivity contribution in [2.24, 2.45) is 0 Å². The molecule has 1 amide bonds. The lowest BCUT2D eigenvalue weighted by atomic mass is 10.0. The Bertz CT molecular complexity index is 453. The van der Waals surface area contributed by atoms with E-state index in [2.05, 4.69) is 10.3 Å². The monoisotopic (exact) mass is 284 g/mol. The fourth-order valence-electron chi connectivity index (χ4n) is 2.38. The first-order chi connectivity index (χ1) is 9.04. The summed E-state index contributed by atoms with van der Waals surface area (Å²) in [6.45, 7) is 2.56. The summed E-state index contributed by atoms with van der Waals surface area (Å²) in [7, 11) is 1.60. The van der Waals surface area contributed by atoms with Crippen LogP contribution in [0.3, 0.4) is 0 Å². The van der Waals surface area contributed by atoms with Gasteiger partial charge in [-0.3, -0.25) is 4.79 Å². The van der Waals surface area contributed by atoms with Gasteiger partial charge < -0.3 is 15.2 Å². The Kier molecular flexibility index (Phi) is 4.54. The van der Waals surface area contributed by atoms with Crippen molar-refractivity contribution in [2.45, 2.75) is 44.8 Å². The Hall–Kier alpha value is -0.980. The molecule has 0 radical (unpaired) electrons. The molecule has 1 aliphatic carbocycles. The number of rotatable bonds is 5. The number of ether oxygens (including phenoxy) is 1. The summed E-state index contributed by atoms with van der Waals surface area (Å²) in [5.74, 6) is -0.155. The van der Waals surface area contributed by atoms with Crippen molar-refractivity contribution < 1.29 is 14.6 Å². The molecule has 1 fully saturated rings. The summed E-state index contributed by atoms with van der Waals surface area (Å²) < 4.78 is 5.01. The van der Waals surface area contributed by atoms with Crippen LogP contribution in [0, 0.1) is 6.92 Å². The standard InChI is InChI=1S/C13H20N2O3S/c1-9-11(19-10(15-9)7-18-2)12(16)14-8-13(17)5-3-4-6-13/h17H,3-8H2,1-2H3,(H,14,16). The Morgan fingerprint density at radius 1 is 1.53 bits per heavy atom. The number of carbonyl (C=O) groups excluding carboxylic acids is 1. The first-order valence-electron chi connectivity index (χ1n) is 6.50. The third-order valence-corrected chi connectivity index (χ3v) is 4.56. The van der Waals surface area contributed by atoms with Gasteiger partial charge >= 0.3 is 0 Å². The van der Waals surface area contributed by atoms with Gasteiger partial charge in [-0.25, -0.2) is 4.98 Å². The van der Waals surface area contributed by atoms with Crippen molar-refractivity contribution >= 4 is 17.2 Å². The van der Waals surface area contributed by atoms with Crippen LogP contribution in [0.2, 0.25) is 0 Å². The number of aromatic nitrogens is 1. The highest BCUT2D eigenvalue weighted by molar-refractivity contribution is 7.13. The molecule has 0 saturated heterocycles. The number of amides is 1. The summed E-state index contributed by atoms with van der Waals surface area (Å²) in [6.07, 6.45) is 3.60. The molecule has 2 N–H and O–H groups in total. The van der Waals surface area contributed by atoms with Crippen LogP contribution in [0.5, 0.6) is 0 Å². The number of thiazole rings is 1. The second-order valence-electron chi connectivity index (χ2n) is 5.07. The summed E-state index contributed by atoms with van der Waals surface area (Å²) in [6, 6.07) is 0. The third kappa shape index (κ3) is 3.52. The lowest BCUT2D eigenvalue weighted by Crippen LogP contribution is -2.40. The average molecular weight is 284 g/mol. The number of aliphatic hydroxyl groups is 1. The molecule has 1 aliphatic rings. The van der Waals surface area contributed by atoms with Crippen LogP contribution in [-0.4, -0.2) is 35.3 Å². The highest BCUT2D eigenvalue weighted by Crippen LogP contribution is 2.28. The zero-order valence-electron chi connectivity index (χ0n) is 11.4. The zero-order valence-corrected chi connectivity index (χ0v) is 12.2. The molecular formula is C13H20N2O3S. The first-order valence-corrected chi connectivity index (χ1v) is 7.31. The minimum Gasteiger partial charge on any atom is -0.388 e. The number of carbonyl (C=O) groups is 1. The molecule has 0 aromatic carbocycles. The Morgan fingerprint density at radius 2 is 2.21 bits per heavy atom. The van der Waals surface area contributed by atoms with Crippen LogP contribution >= 0.6 is 11.3 Å². The molecular weight excluding hydrogens is 264 g/mol. The molecule has 19 heavy (non-hydrogen) atoms. The van der Waals surface area contributed by atoms with Gasteiger partial charge in [0.05, 0.1) is 17.9 Å². The highest BCUT2D eigenvalue weighted by Gasteiger charge is 2.31. The van der Waals surface area contributed by atoms with E-state index in [0.717, 1.165) is 30.7 Å². The molecule has 0 unspecified atom stereocenters. The molecule has 0 spiro atoms. The van der Waals surface area contributed by atoms with Crippen LogP contribution < -0.4 is 5.32 Å². The van der Waals surface area contributed by atoms with E-state index in [1.54, 1.807) is 7.11 Å². The minimum atomic E-state index is -0.719. The fraction of sp³-hybridized carbons (Fsp3) is 0.692. The van der Waals surface area contributed by atoms with E-state index in [0.29, 0.717) is 23.7 Å². The number of hydrogen-bond acceptors (Lipinski definition) is 5. The lowest BCUT2D eigenvalue weighted by molar-refractivity contribution is 0.0450.